The molecule has 1 spiro atoms. The van der Waals surface area contributed by atoms with Gasteiger partial charge in [0, 0.05) is 12.6 Å². The maximum Gasteiger partial charge on any atom is 0.122 e. The zero-order chi connectivity index (χ0) is 14.7. The van der Waals surface area contributed by atoms with Gasteiger partial charge >= 0.3 is 0 Å². The molecule has 1 aliphatic carbocycles. The van der Waals surface area contributed by atoms with E-state index in [1.54, 1.807) is 7.11 Å². The standard InChI is InChI=1S/C18H27NO2/c1-19-16(12-14-6-3-4-7-17(14)20-2)15-8-11-21-18(13-15)9-5-10-18/h3-4,6-7,15-16,19H,5,8-13H2,1-2H3. The number of rotatable bonds is 5. The van der Waals surface area contributed by atoms with Gasteiger partial charge in [-0.05, 0) is 63.1 Å². The van der Waals surface area contributed by atoms with E-state index in [0.717, 1.165) is 18.8 Å². The summed E-state index contributed by atoms with van der Waals surface area (Å²) < 4.78 is 11.6. The van der Waals surface area contributed by atoms with Crippen molar-refractivity contribution in [2.24, 2.45) is 5.92 Å². The Labute approximate surface area is 128 Å². The average molecular weight is 289 g/mol. The molecular weight excluding hydrogens is 262 g/mol. The van der Waals surface area contributed by atoms with Gasteiger partial charge in [-0.3, -0.25) is 0 Å². The van der Waals surface area contributed by atoms with E-state index in [4.69, 9.17) is 9.47 Å². The lowest BCUT2D eigenvalue weighted by Crippen LogP contribution is -2.50. The van der Waals surface area contributed by atoms with Gasteiger partial charge in [0.25, 0.3) is 0 Å². The van der Waals surface area contributed by atoms with Gasteiger partial charge in [-0.1, -0.05) is 18.2 Å². The van der Waals surface area contributed by atoms with E-state index in [9.17, 15) is 0 Å². The Kier molecular flexibility index (Phi) is 4.51. The number of methoxy groups -OCH3 is 1. The second kappa shape index (κ2) is 6.37. The van der Waals surface area contributed by atoms with E-state index < -0.39 is 0 Å². The Morgan fingerprint density at radius 2 is 2.19 bits per heavy atom. The van der Waals surface area contributed by atoms with Crippen molar-refractivity contribution in [1.82, 2.24) is 5.32 Å². The number of likely N-dealkylation sites (N-methyl/N-ethyl adjacent to an activating group) is 1. The van der Waals surface area contributed by atoms with Crippen molar-refractivity contribution < 1.29 is 9.47 Å². The molecule has 1 heterocycles. The fourth-order valence-electron chi connectivity index (χ4n) is 3.94. The molecule has 2 fully saturated rings. The summed E-state index contributed by atoms with van der Waals surface area (Å²) in [6.07, 6.45) is 7.27. The Balaban J connectivity index is 1.69. The fourth-order valence-corrected chi connectivity index (χ4v) is 3.94. The van der Waals surface area contributed by atoms with Gasteiger partial charge in [-0.15, -0.1) is 0 Å². The molecule has 1 saturated carbocycles. The minimum Gasteiger partial charge on any atom is -0.496 e. The van der Waals surface area contributed by atoms with Crippen molar-refractivity contribution in [3.63, 3.8) is 0 Å². The first kappa shape index (κ1) is 14.9. The van der Waals surface area contributed by atoms with E-state index >= 15 is 0 Å². The molecule has 3 heteroatoms. The number of benzene rings is 1. The maximum atomic E-state index is 6.07. The molecule has 21 heavy (non-hydrogen) atoms. The molecule has 2 unspecified atom stereocenters. The van der Waals surface area contributed by atoms with Crippen LogP contribution in [0.1, 0.15) is 37.7 Å². The van der Waals surface area contributed by atoms with Gasteiger partial charge in [0.05, 0.1) is 12.7 Å². The third kappa shape index (κ3) is 3.09. The average Bonchev–Trinajstić information content (AvgIpc) is 2.51. The summed E-state index contributed by atoms with van der Waals surface area (Å²) in [7, 11) is 3.84. The molecule has 2 atom stereocenters. The summed E-state index contributed by atoms with van der Waals surface area (Å²) in [4.78, 5) is 0. The summed E-state index contributed by atoms with van der Waals surface area (Å²) >= 11 is 0. The lowest BCUT2D eigenvalue weighted by Gasteiger charge is -2.48. The predicted octanol–water partition coefficient (Wildman–Crippen LogP) is 3.18. The highest BCUT2D eigenvalue weighted by Gasteiger charge is 2.44. The SMILES string of the molecule is CNC(Cc1ccccc1OC)C1CCOC2(CCC2)C1. The minimum absolute atomic E-state index is 0.221. The first-order chi connectivity index (χ1) is 10.3. The molecule has 3 nitrogen and oxygen atoms in total. The molecule has 1 aliphatic heterocycles. The quantitative estimate of drug-likeness (QED) is 0.903. The van der Waals surface area contributed by atoms with Crippen LogP contribution in [0.4, 0.5) is 0 Å². The van der Waals surface area contributed by atoms with Gasteiger partial charge in [0.1, 0.15) is 5.75 Å². The predicted molar refractivity (Wildman–Crippen MR) is 84.8 cm³/mol. The van der Waals surface area contributed by atoms with E-state index in [1.165, 1.54) is 37.7 Å². The topological polar surface area (TPSA) is 30.5 Å². The van der Waals surface area contributed by atoms with Gasteiger partial charge in [0.2, 0.25) is 0 Å². The zero-order valence-corrected chi connectivity index (χ0v) is 13.2. The van der Waals surface area contributed by atoms with Gasteiger partial charge in [-0.25, -0.2) is 0 Å². The molecule has 1 aromatic rings. The third-order valence-corrected chi connectivity index (χ3v) is 5.37. The van der Waals surface area contributed by atoms with E-state index in [-0.39, 0.29) is 5.60 Å². The molecule has 3 rings (SSSR count). The van der Waals surface area contributed by atoms with Crippen molar-refractivity contribution in [2.45, 2.75) is 50.2 Å². The number of ether oxygens (including phenoxy) is 2. The molecule has 0 amide bonds. The van der Waals surface area contributed by atoms with E-state index in [1.807, 2.05) is 6.07 Å². The second-order valence-corrected chi connectivity index (χ2v) is 6.55. The summed E-state index contributed by atoms with van der Waals surface area (Å²) in [6, 6.07) is 8.88. The lowest BCUT2D eigenvalue weighted by atomic mass is 9.70. The highest BCUT2D eigenvalue weighted by molar-refractivity contribution is 5.34. The molecule has 0 aromatic heterocycles. The number of para-hydroxylation sites is 1. The summed E-state index contributed by atoms with van der Waals surface area (Å²) in [6.45, 7) is 0.925. The van der Waals surface area contributed by atoms with Crippen LogP contribution >= 0.6 is 0 Å². The number of hydrogen-bond donors (Lipinski definition) is 1. The van der Waals surface area contributed by atoms with Gasteiger partial charge in [0.15, 0.2) is 0 Å². The largest absolute Gasteiger partial charge is 0.496 e. The number of hydrogen-bond acceptors (Lipinski definition) is 3. The van der Waals surface area contributed by atoms with Crippen molar-refractivity contribution in [3.8, 4) is 5.75 Å². The highest BCUT2D eigenvalue weighted by Crippen LogP contribution is 2.45. The van der Waals surface area contributed by atoms with Crippen LogP contribution in [-0.4, -0.2) is 32.4 Å². The monoisotopic (exact) mass is 289 g/mol. The molecule has 0 radical (unpaired) electrons. The van der Waals surface area contributed by atoms with E-state index in [0.29, 0.717) is 12.0 Å². The van der Waals surface area contributed by atoms with Crippen LogP contribution in [-0.2, 0) is 11.2 Å². The first-order valence-electron chi connectivity index (χ1n) is 8.19. The van der Waals surface area contributed by atoms with Crippen molar-refractivity contribution >= 4 is 0 Å². The summed E-state index contributed by atoms with van der Waals surface area (Å²) in [5, 5.41) is 3.55. The van der Waals surface area contributed by atoms with Gasteiger partial charge in [-0.2, -0.15) is 0 Å². The maximum absolute atomic E-state index is 6.07. The molecule has 1 N–H and O–H groups in total. The Morgan fingerprint density at radius 3 is 2.86 bits per heavy atom. The Morgan fingerprint density at radius 1 is 1.38 bits per heavy atom. The molecule has 1 saturated heterocycles. The fraction of sp³-hybridized carbons (Fsp3) is 0.667. The van der Waals surface area contributed by atoms with Gasteiger partial charge < -0.3 is 14.8 Å². The highest BCUT2D eigenvalue weighted by atomic mass is 16.5. The second-order valence-electron chi connectivity index (χ2n) is 6.55. The third-order valence-electron chi connectivity index (χ3n) is 5.37. The summed E-state index contributed by atoms with van der Waals surface area (Å²) in [5.41, 5.74) is 1.52. The van der Waals surface area contributed by atoms with Crippen LogP contribution in [0.3, 0.4) is 0 Å². The van der Waals surface area contributed by atoms with Crippen LogP contribution in [0, 0.1) is 5.92 Å². The Bertz CT molecular complexity index is 470. The Hall–Kier alpha value is -1.06. The van der Waals surface area contributed by atoms with Crippen molar-refractivity contribution in [3.05, 3.63) is 29.8 Å². The van der Waals surface area contributed by atoms with Crippen LogP contribution in [0.15, 0.2) is 24.3 Å². The normalized spacial score (nSPS) is 25.3. The molecular formula is C18H27NO2. The minimum atomic E-state index is 0.221. The zero-order valence-electron chi connectivity index (χ0n) is 13.2. The van der Waals surface area contributed by atoms with Crippen LogP contribution in [0.2, 0.25) is 0 Å². The summed E-state index contributed by atoms with van der Waals surface area (Å²) in [5.74, 6) is 1.71. The molecule has 2 aliphatic rings. The molecule has 0 bridgehead atoms. The van der Waals surface area contributed by atoms with Crippen LogP contribution in [0.25, 0.3) is 0 Å². The molecule has 1 aromatic carbocycles. The van der Waals surface area contributed by atoms with Crippen LogP contribution in [0.5, 0.6) is 5.75 Å². The van der Waals surface area contributed by atoms with E-state index in [2.05, 4.69) is 30.6 Å². The number of nitrogens with one attached hydrogen (secondary N) is 1. The smallest absolute Gasteiger partial charge is 0.122 e. The van der Waals surface area contributed by atoms with Crippen LogP contribution < -0.4 is 10.1 Å². The van der Waals surface area contributed by atoms with Crippen molar-refractivity contribution in [2.75, 3.05) is 20.8 Å². The lowest BCUT2D eigenvalue weighted by molar-refractivity contribution is -0.146. The van der Waals surface area contributed by atoms with Crippen molar-refractivity contribution in [1.29, 1.82) is 0 Å². The molecule has 116 valence electrons. The first-order valence-corrected chi connectivity index (χ1v) is 8.19.